The van der Waals surface area contributed by atoms with Crippen molar-refractivity contribution in [2.24, 2.45) is 0 Å². The van der Waals surface area contributed by atoms with E-state index in [1.807, 2.05) is 18.2 Å². The fraction of sp³-hybridized carbons (Fsp3) is 0. The van der Waals surface area contributed by atoms with Crippen molar-refractivity contribution in [1.29, 1.82) is 0 Å². The van der Waals surface area contributed by atoms with Gasteiger partial charge in [0.05, 0.1) is 15.5 Å². The van der Waals surface area contributed by atoms with Gasteiger partial charge in [-0.1, -0.05) is 36.4 Å². The molecule has 2 aromatic carbocycles. The van der Waals surface area contributed by atoms with Gasteiger partial charge in [0.1, 0.15) is 10.0 Å². The smallest absolute Gasteiger partial charge is 0.0267 e. The molecule has 2 heterocycles. The van der Waals surface area contributed by atoms with Crippen LogP contribution < -0.4 is 0 Å². The van der Waals surface area contributed by atoms with Gasteiger partial charge in [-0.05, 0) is 42.0 Å². The molecule has 8 nitrogen and oxygen atoms in total. The van der Waals surface area contributed by atoms with Crippen LogP contribution in [0.15, 0.2) is 108 Å². The van der Waals surface area contributed by atoms with Gasteiger partial charge >= 0.3 is 22.9 Å². The van der Waals surface area contributed by atoms with E-state index in [1.54, 1.807) is 61.1 Å². The van der Waals surface area contributed by atoms with Gasteiger partial charge in [0.2, 0.25) is 0 Å². The van der Waals surface area contributed by atoms with Gasteiger partial charge in [0.25, 0.3) is 5.69 Å². The molecular weight excluding hydrogens is 542 g/mol. The van der Waals surface area contributed by atoms with Gasteiger partial charge in [-0.15, -0.1) is 5.69 Å². The predicted octanol–water partition coefficient (Wildman–Crippen LogP) is 5.55. The number of nitrogens with zero attached hydrogens (tertiary/aromatic N) is 4. The topological polar surface area (TPSA) is 117 Å². The Bertz CT molecular complexity index is 1220. The zero-order chi connectivity index (χ0) is 24.1. The summed E-state index contributed by atoms with van der Waals surface area (Å²) in [5.41, 5.74) is 1.24. The van der Waals surface area contributed by atoms with Crippen LogP contribution in [0.5, 0.6) is 0 Å². The Kier molecular flexibility index (Phi) is 10.2. The summed E-state index contributed by atoms with van der Waals surface area (Å²) >= 11 is 1.25. The second-order valence-electron chi connectivity index (χ2n) is 6.07. The van der Waals surface area contributed by atoms with E-state index in [0.29, 0.717) is 11.3 Å². The number of pyridine rings is 2. The molecular formula is C22H17FN4O4PdS. The molecule has 0 radical (unpaired) electrons. The van der Waals surface area contributed by atoms with Gasteiger partial charge in [0, 0.05) is 30.7 Å². The maximum Gasteiger partial charge on any atom is 0.0267 e. The minimum Gasteiger partial charge on any atom is -0.265 e. The third kappa shape index (κ3) is 7.84. The first-order chi connectivity index (χ1) is 16.0. The molecule has 0 aliphatic heterocycles. The summed E-state index contributed by atoms with van der Waals surface area (Å²) in [5, 5.41) is 10.7. The van der Waals surface area contributed by atoms with Gasteiger partial charge in [-0.25, -0.2) is 8.42 Å². The fourth-order valence-electron chi connectivity index (χ4n) is 2.53. The van der Waals surface area contributed by atoms with E-state index in [1.165, 1.54) is 31.8 Å². The first kappa shape index (κ1) is 25.7. The SMILES string of the molecule is O=[N+]([O-])c1ccc(S(=O)(=O)[N-]c2ccccc2-c2ccccn2)cc1.[F][Pd+].c1ccncc1. The molecule has 0 fully saturated rings. The molecule has 4 aromatic rings. The molecule has 0 atom stereocenters. The number of nitro benzene ring substituents is 1. The summed E-state index contributed by atoms with van der Waals surface area (Å²) in [6.07, 6.45) is 5.11. The van der Waals surface area contributed by atoms with E-state index < -0.39 is 14.9 Å². The molecule has 0 amide bonds. The normalized spacial score (nSPS) is 10.0. The van der Waals surface area contributed by atoms with Crippen LogP contribution in [0.4, 0.5) is 14.6 Å². The van der Waals surface area contributed by atoms with Gasteiger partial charge in [0.15, 0.2) is 0 Å². The predicted molar refractivity (Wildman–Crippen MR) is 118 cm³/mol. The number of sulfonamides is 1. The molecule has 11 heteroatoms. The van der Waals surface area contributed by atoms with E-state index in [4.69, 9.17) is 0 Å². The summed E-state index contributed by atoms with van der Waals surface area (Å²) in [6, 6.07) is 22.4. The maximum absolute atomic E-state index is 12.5. The van der Waals surface area contributed by atoms with Crippen LogP contribution in [0.3, 0.4) is 0 Å². The average Bonchev–Trinajstić information content (AvgIpc) is 2.87. The van der Waals surface area contributed by atoms with Crippen LogP contribution in [-0.4, -0.2) is 23.3 Å². The Balaban J connectivity index is 0.000000411. The van der Waals surface area contributed by atoms with Crippen molar-refractivity contribution < 1.29 is 36.3 Å². The molecule has 0 aliphatic carbocycles. The van der Waals surface area contributed by atoms with Crippen LogP contribution in [0.2, 0.25) is 0 Å². The van der Waals surface area contributed by atoms with Crippen LogP contribution >= 0.6 is 0 Å². The summed E-state index contributed by atoms with van der Waals surface area (Å²) in [6.45, 7) is 0. The number of non-ortho nitro benzene ring substituents is 1. The van der Waals surface area contributed by atoms with Crippen molar-refractivity contribution in [1.82, 2.24) is 9.97 Å². The summed E-state index contributed by atoms with van der Waals surface area (Å²) in [4.78, 5) is 18.0. The monoisotopic (exact) mass is 558 g/mol. The van der Waals surface area contributed by atoms with E-state index >= 15 is 0 Å². The fourth-order valence-corrected chi connectivity index (χ4v) is 3.53. The van der Waals surface area contributed by atoms with E-state index in [2.05, 4.69) is 14.7 Å². The van der Waals surface area contributed by atoms with Gasteiger partial charge in [-0.2, -0.15) is 0 Å². The van der Waals surface area contributed by atoms with Crippen molar-refractivity contribution in [2.45, 2.75) is 4.90 Å². The zero-order valence-electron chi connectivity index (χ0n) is 16.8. The third-order valence-electron chi connectivity index (χ3n) is 3.98. The molecule has 4 rings (SSSR count). The summed E-state index contributed by atoms with van der Waals surface area (Å²) < 4.78 is 38.2. The van der Waals surface area contributed by atoms with Crippen LogP contribution in [0.25, 0.3) is 16.0 Å². The molecule has 0 saturated heterocycles. The Morgan fingerprint density at radius 2 is 1.42 bits per heavy atom. The minimum absolute atomic E-state index is 0.117. The molecule has 0 saturated carbocycles. The van der Waals surface area contributed by atoms with Crippen molar-refractivity contribution in [2.75, 3.05) is 0 Å². The molecule has 2 aromatic heterocycles. The van der Waals surface area contributed by atoms with Gasteiger partial charge < -0.3 is 4.72 Å². The molecule has 0 bridgehead atoms. The number of benzene rings is 2. The number of hydrogen-bond acceptors (Lipinski definition) is 6. The van der Waals surface area contributed by atoms with Crippen LogP contribution in [-0.2, 0) is 29.7 Å². The zero-order valence-corrected chi connectivity index (χ0v) is 19.2. The van der Waals surface area contributed by atoms with E-state index in [9.17, 15) is 21.8 Å². The number of rotatable bonds is 5. The Hall–Kier alpha value is -3.52. The largest absolute Gasteiger partial charge is 0.265 e. The van der Waals surface area contributed by atoms with E-state index in [0.717, 1.165) is 12.1 Å². The average molecular weight is 559 g/mol. The maximum atomic E-state index is 12.5. The minimum atomic E-state index is -4.01. The summed E-state index contributed by atoms with van der Waals surface area (Å²) in [7, 11) is -4.01. The molecule has 0 N–H and O–H groups in total. The number of hydrogen-bond donors (Lipinski definition) is 0. The molecule has 0 aliphatic rings. The van der Waals surface area contributed by atoms with Crippen LogP contribution in [0, 0.1) is 10.1 Å². The number of aromatic nitrogens is 2. The van der Waals surface area contributed by atoms with Crippen LogP contribution in [0.1, 0.15) is 0 Å². The van der Waals surface area contributed by atoms with E-state index in [-0.39, 0.29) is 16.3 Å². The quantitative estimate of drug-likeness (QED) is 0.180. The molecule has 33 heavy (non-hydrogen) atoms. The van der Waals surface area contributed by atoms with Crippen molar-refractivity contribution in [3.8, 4) is 11.3 Å². The molecule has 0 spiro atoms. The standard InChI is InChI=1S/C17H12N3O4S.C5H5N.FH.Pd/c21-20(22)13-8-10-14(11-9-13)25(23,24)19-17-7-2-1-5-15(17)16-6-3-4-12-18-16;1-2-4-6-5-3-1;;/h1-12H;1-5H;1H;/q-1;;;+2/p-1. The summed E-state index contributed by atoms with van der Waals surface area (Å²) in [5.74, 6) is 0. The molecule has 172 valence electrons. The first-order valence-electron chi connectivity index (χ1n) is 9.17. The first-order valence-corrected chi connectivity index (χ1v) is 11.2. The van der Waals surface area contributed by atoms with Gasteiger partial charge in [-0.3, -0.25) is 20.1 Å². The second-order valence-corrected chi connectivity index (χ2v) is 7.68. The molecule has 0 unspecified atom stereocenters. The second kappa shape index (κ2) is 13.1. The van der Waals surface area contributed by atoms with Crippen molar-refractivity contribution in [3.63, 3.8) is 0 Å². The Morgan fingerprint density at radius 1 is 0.818 bits per heavy atom. The van der Waals surface area contributed by atoms with Crippen molar-refractivity contribution in [3.05, 3.63) is 118 Å². The van der Waals surface area contributed by atoms with Crippen molar-refractivity contribution >= 4 is 21.4 Å². The Labute approximate surface area is 201 Å². The third-order valence-corrected chi connectivity index (χ3v) is 5.28. The Morgan fingerprint density at radius 3 is 1.94 bits per heavy atom. The number of halogens is 1. The number of nitro groups is 1.